The lowest BCUT2D eigenvalue weighted by molar-refractivity contribution is -0.128. The van der Waals surface area contributed by atoms with E-state index in [0.29, 0.717) is 18.4 Å². The average molecular weight is 437 g/mol. The molecular weight excluding hydrogens is 406 g/mol. The molecule has 0 spiro atoms. The Kier molecular flexibility index (Phi) is 5.68. The van der Waals surface area contributed by atoms with Crippen molar-refractivity contribution in [2.24, 2.45) is 11.7 Å². The maximum absolute atomic E-state index is 13.1. The number of primary amides is 1. The molecule has 8 nitrogen and oxygen atoms in total. The van der Waals surface area contributed by atoms with Crippen molar-refractivity contribution >= 4 is 11.8 Å². The molecule has 3 saturated carbocycles. The molecule has 170 valence electrons. The van der Waals surface area contributed by atoms with Gasteiger partial charge in [-0.05, 0) is 38.5 Å². The van der Waals surface area contributed by atoms with E-state index in [-0.39, 0.29) is 43.2 Å². The minimum Gasteiger partial charge on any atom is -0.366 e. The molecule has 0 bridgehead atoms. The third-order valence-electron chi connectivity index (χ3n) is 7.15. The highest BCUT2D eigenvalue weighted by Gasteiger charge is 2.49. The number of hydrogen-bond acceptors (Lipinski definition) is 6. The normalized spacial score (nSPS) is 33.4. The van der Waals surface area contributed by atoms with Crippen molar-refractivity contribution in [2.45, 2.75) is 87.5 Å². The highest BCUT2D eigenvalue weighted by molar-refractivity contribution is 5.94. The number of nitrogens with two attached hydrogens (primary N) is 1. The van der Waals surface area contributed by atoms with Gasteiger partial charge in [-0.3, -0.25) is 9.59 Å². The molecule has 2 amide bonds. The lowest BCUT2D eigenvalue weighted by atomic mass is 9.76. The van der Waals surface area contributed by atoms with Crippen molar-refractivity contribution in [3.63, 3.8) is 0 Å². The number of hydrazine groups is 1. The summed E-state index contributed by atoms with van der Waals surface area (Å²) >= 11 is 0. The van der Waals surface area contributed by atoms with E-state index in [1.165, 1.54) is 0 Å². The Morgan fingerprint density at radius 1 is 1.23 bits per heavy atom. The van der Waals surface area contributed by atoms with Gasteiger partial charge in [0.25, 0.3) is 5.92 Å². The molecule has 31 heavy (non-hydrogen) atoms. The Morgan fingerprint density at radius 2 is 1.87 bits per heavy atom. The lowest BCUT2D eigenvalue weighted by Crippen LogP contribution is -2.60. The zero-order valence-electron chi connectivity index (χ0n) is 17.7. The van der Waals surface area contributed by atoms with E-state index in [0.717, 1.165) is 25.7 Å². The summed E-state index contributed by atoms with van der Waals surface area (Å²) in [4.78, 5) is 24.4. The van der Waals surface area contributed by atoms with Gasteiger partial charge >= 0.3 is 0 Å². The average Bonchev–Trinajstić information content (AvgIpc) is 3.48. The Balaban J connectivity index is 1.45. The van der Waals surface area contributed by atoms with E-state index in [4.69, 9.17) is 5.73 Å². The molecule has 1 atom stereocenters. The van der Waals surface area contributed by atoms with Gasteiger partial charge in [-0.25, -0.2) is 8.78 Å². The van der Waals surface area contributed by atoms with Crippen LogP contribution in [0.5, 0.6) is 0 Å². The molecule has 10 heteroatoms. The predicted molar refractivity (Wildman–Crippen MR) is 108 cm³/mol. The SMILES string of the molecule is CN1C(NC(=O)C2CC2)C(C(N)=O)=CN1[C@]1(CC#N)CC[C@H](NC2CC(F)(F)C2)CC1. The van der Waals surface area contributed by atoms with Gasteiger partial charge in [0.05, 0.1) is 23.6 Å². The summed E-state index contributed by atoms with van der Waals surface area (Å²) in [5.41, 5.74) is 5.36. The first-order valence-corrected chi connectivity index (χ1v) is 11.0. The summed E-state index contributed by atoms with van der Waals surface area (Å²) in [7, 11) is 1.78. The van der Waals surface area contributed by atoms with Crippen LogP contribution in [0, 0.1) is 17.2 Å². The highest BCUT2D eigenvalue weighted by Crippen LogP contribution is 2.43. The number of alkyl halides is 2. The molecule has 0 aromatic rings. The van der Waals surface area contributed by atoms with Crippen LogP contribution in [-0.2, 0) is 9.59 Å². The van der Waals surface area contributed by atoms with E-state index >= 15 is 0 Å². The van der Waals surface area contributed by atoms with Crippen LogP contribution < -0.4 is 16.4 Å². The van der Waals surface area contributed by atoms with Crippen LogP contribution in [-0.4, -0.2) is 58.6 Å². The van der Waals surface area contributed by atoms with Crippen LogP contribution in [0.2, 0.25) is 0 Å². The molecule has 4 rings (SSSR count). The predicted octanol–water partition coefficient (Wildman–Crippen LogP) is 1.35. The van der Waals surface area contributed by atoms with Crippen molar-refractivity contribution in [2.75, 3.05) is 7.05 Å². The fourth-order valence-corrected chi connectivity index (χ4v) is 5.13. The van der Waals surface area contributed by atoms with Crippen LogP contribution >= 0.6 is 0 Å². The summed E-state index contributed by atoms with van der Waals surface area (Å²) in [6.07, 6.45) is 5.53. The molecule has 0 aromatic heterocycles. The maximum atomic E-state index is 13.1. The summed E-state index contributed by atoms with van der Waals surface area (Å²) in [5.74, 6) is -3.26. The summed E-state index contributed by atoms with van der Waals surface area (Å²) in [6.45, 7) is 0. The van der Waals surface area contributed by atoms with Crippen molar-refractivity contribution in [3.05, 3.63) is 11.8 Å². The number of amides is 2. The van der Waals surface area contributed by atoms with Gasteiger partial charge in [0, 0.05) is 44.1 Å². The fraction of sp³-hybridized carbons (Fsp3) is 0.762. The van der Waals surface area contributed by atoms with E-state index in [1.807, 2.05) is 5.01 Å². The zero-order valence-corrected chi connectivity index (χ0v) is 17.7. The molecule has 1 aliphatic heterocycles. The monoisotopic (exact) mass is 436 g/mol. The third-order valence-corrected chi connectivity index (χ3v) is 7.15. The van der Waals surface area contributed by atoms with Gasteiger partial charge < -0.3 is 21.4 Å². The van der Waals surface area contributed by atoms with Crippen molar-refractivity contribution in [1.82, 2.24) is 20.7 Å². The molecule has 4 aliphatic rings. The second-order valence-corrected chi connectivity index (χ2v) is 9.51. The second kappa shape index (κ2) is 8.02. The third kappa shape index (κ3) is 4.39. The Morgan fingerprint density at radius 3 is 2.39 bits per heavy atom. The summed E-state index contributed by atoms with van der Waals surface area (Å²) < 4.78 is 26.3. The van der Waals surface area contributed by atoms with Crippen molar-refractivity contribution in [3.8, 4) is 6.07 Å². The number of likely N-dealkylation sites (N-methyl/N-ethyl adjacent to an activating group) is 1. The van der Waals surface area contributed by atoms with Crippen LogP contribution in [0.15, 0.2) is 11.8 Å². The van der Waals surface area contributed by atoms with E-state index in [2.05, 4.69) is 16.7 Å². The smallest absolute Gasteiger partial charge is 0.251 e. The van der Waals surface area contributed by atoms with Crippen LogP contribution in [0.4, 0.5) is 8.78 Å². The number of nitrogens with one attached hydrogen (secondary N) is 2. The van der Waals surface area contributed by atoms with Gasteiger partial charge in [0.2, 0.25) is 11.8 Å². The minimum atomic E-state index is -2.55. The second-order valence-electron chi connectivity index (χ2n) is 9.51. The zero-order chi connectivity index (χ0) is 22.4. The number of carbonyl (C=O) groups is 2. The van der Waals surface area contributed by atoms with Gasteiger partial charge in [0.15, 0.2) is 0 Å². The number of rotatable bonds is 7. The lowest BCUT2D eigenvalue weighted by Gasteiger charge is -2.49. The Bertz CT molecular complexity index is 805. The molecule has 4 N–H and O–H groups in total. The largest absolute Gasteiger partial charge is 0.366 e. The van der Waals surface area contributed by atoms with Gasteiger partial charge in [-0.15, -0.1) is 0 Å². The molecule has 1 unspecified atom stereocenters. The van der Waals surface area contributed by atoms with Gasteiger partial charge in [-0.1, -0.05) is 0 Å². The van der Waals surface area contributed by atoms with Gasteiger partial charge in [-0.2, -0.15) is 10.3 Å². The van der Waals surface area contributed by atoms with Crippen LogP contribution in [0.1, 0.15) is 57.8 Å². The van der Waals surface area contributed by atoms with E-state index < -0.39 is 23.5 Å². The highest BCUT2D eigenvalue weighted by atomic mass is 19.3. The number of nitriles is 1. The van der Waals surface area contributed by atoms with Crippen LogP contribution in [0.3, 0.4) is 0 Å². The number of carbonyl (C=O) groups excluding carboxylic acids is 2. The van der Waals surface area contributed by atoms with E-state index in [9.17, 15) is 23.6 Å². The van der Waals surface area contributed by atoms with Crippen molar-refractivity contribution < 1.29 is 18.4 Å². The molecule has 1 heterocycles. The summed E-state index contributed by atoms with van der Waals surface area (Å²) in [6, 6.07) is 2.25. The maximum Gasteiger partial charge on any atom is 0.251 e. The molecule has 3 fully saturated rings. The van der Waals surface area contributed by atoms with E-state index in [1.54, 1.807) is 18.3 Å². The molecule has 0 saturated heterocycles. The minimum absolute atomic E-state index is 0.00922. The first-order chi connectivity index (χ1) is 14.6. The topological polar surface area (TPSA) is 114 Å². The van der Waals surface area contributed by atoms with Gasteiger partial charge in [0.1, 0.15) is 6.17 Å². The molecule has 0 aromatic carbocycles. The first kappa shape index (κ1) is 22.0. The molecule has 0 radical (unpaired) electrons. The first-order valence-electron chi connectivity index (χ1n) is 11.0. The standard InChI is InChI=1S/C21H30F2N6O2/c1-28-18(27-19(31)13-2-3-13)16(17(25)30)12-29(28)20(8-9-24)6-4-14(5-7-20)26-15-10-21(22,23)11-15/h12-15,18,26H,2-8,10-11H2,1H3,(H2,25,30)(H,27,31)/t14-,18?,20+. The number of nitrogens with zero attached hydrogens (tertiary/aromatic N) is 3. The number of halogens is 2. The Labute approximate surface area is 180 Å². The fourth-order valence-electron chi connectivity index (χ4n) is 5.13. The van der Waals surface area contributed by atoms with Crippen molar-refractivity contribution in [1.29, 1.82) is 5.26 Å². The Hall–Kier alpha value is -2.25. The molecular formula is C21H30F2N6O2. The molecule has 3 aliphatic carbocycles. The summed E-state index contributed by atoms with van der Waals surface area (Å²) in [5, 5.41) is 19.5. The quantitative estimate of drug-likeness (QED) is 0.555. The van der Waals surface area contributed by atoms with Crippen LogP contribution in [0.25, 0.3) is 0 Å². The number of hydrogen-bond donors (Lipinski definition) is 3.